The van der Waals surface area contributed by atoms with E-state index < -0.39 is 0 Å². The van der Waals surface area contributed by atoms with Crippen LogP contribution in [0.1, 0.15) is 0 Å². The first kappa shape index (κ1) is 15.3. The molecule has 0 unspecified atom stereocenters. The summed E-state index contributed by atoms with van der Waals surface area (Å²) < 4.78 is 9.71. The van der Waals surface area contributed by atoms with E-state index in [-0.39, 0.29) is 0 Å². The van der Waals surface area contributed by atoms with Crippen LogP contribution in [-0.2, 0) is 0 Å². The summed E-state index contributed by atoms with van der Waals surface area (Å²) in [5.74, 6) is 0. The van der Waals surface area contributed by atoms with Crippen LogP contribution in [0.3, 0.4) is 0 Å². The van der Waals surface area contributed by atoms with Crippen molar-refractivity contribution >= 4 is 65.3 Å². The highest BCUT2D eigenvalue weighted by molar-refractivity contribution is 7.16. The lowest BCUT2D eigenvalue weighted by Crippen LogP contribution is -1.93. The molecule has 0 aliphatic carbocycles. The first-order valence-corrected chi connectivity index (χ1v) is 10.4. The summed E-state index contributed by atoms with van der Waals surface area (Å²) in [5, 5.41) is 4.81. The van der Waals surface area contributed by atoms with Gasteiger partial charge in [0.05, 0.1) is 26.8 Å². The van der Waals surface area contributed by atoms with Crippen LogP contribution in [0.4, 0.5) is 0 Å². The summed E-state index contributed by atoms with van der Waals surface area (Å²) in [6.45, 7) is 0. The molecule has 0 saturated carbocycles. The molecule has 4 aromatic carbocycles. The zero-order chi connectivity index (χ0) is 18.9. The predicted molar refractivity (Wildman–Crippen MR) is 121 cm³/mol. The van der Waals surface area contributed by atoms with Crippen molar-refractivity contribution in [2.75, 3.05) is 0 Å². The molecule has 4 heteroatoms. The van der Waals surface area contributed by atoms with Gasteiger partial charge in [-0.3, -0.25) is 0 Å². The molecule has 7 aromatic rings. The highest BCUT2D eigenvalue weighted by Crippen LogP contribution is 2.38. The van der Waals surface area contributed by atoms with E-state index in [0.717, 1.165) is 38.7 Å². The number of aromatic nitrogens is 2. The van der Waals surface area contributed by atoms with Crippen molar-refractivity contribution in [3.8, 4) is 5.69 Å². The second-order valence-electron chi connectivity index (χ2n) is 7.32. The monoisotopic (exact) mass is 390 g/mol. The van der Waals surface area contributed by atoms with Gasteiger partial charge in [0, 0.05) is 33.3 Å². The predicted octanol–water partition coefficient (Wildman–Crippen LogP) is 7.29. The van der Waals surface area contributed by atoms with Crippen molar-refractivity contribution in [3.05, 3.63) is 84.4 Å². The molecule has 136 valence electrons. The van der Waals surface area contributed by atoms with Crippen molar-refractivity contribution in [2.24, 2.45) is 0 Å². The summed E-state index contributed by atoms with van der Waals surface area (Å²) in [4.78, 5) is 4.43. The Morgan fingerprint density at radius 1 is 0.690 bits per heavy atom. The number of hydrogen-bond donors (Lipinski definition) is 0. The molecule has 3 aromatic heterocycles. The molecular weight excluding hydrogens is 376 g/mol. The van der Waals surface area contributed by atoms with Gasteiger partial charge in [0.15, 0.2) is 0 Å². The maximum Gasteiger partial charge on any atom is 0.137 e. The smallest absolute Gasteiger partial charge is 0.137 e. The molecule has 0 saturated heterocycles. The Balaban J connectivity index is 1.67. The molecule has 0 amide bonds. The maximum absolute atomic E-state index is 6.18. The number of thiazole rings is 1. The van der Waals surface area contributed by atoms with Crippen LogP contribution in [0.5, 0.6) is 0 Å². The first-order chi connectivity index (χ1) is 14.4. The lowest BCUT2D eigenvalue weighted by Gasteiger charge is -2.07. The van der Waals surface area contributed by atoms with E-state index in [1.165, 1.54) is 21.0 Å². The number of rotatable bonds is 1. The fraction of sp³-hybridized carbons (Fsp3) is 0. The van der Waals surface area contributed by atoms with Gasteiger partial charge in [0.2, 0.25) is 0 Å². The minimum Gasteiger partial charge on any atom is -0.456 e. The molecule has 3 nitrogen and oxygen atoms in total. The van der Waals surface area contributed by atoms with Crippen LogP contribution >= 0.6 is 11.3 Å². The van der Waals surface area contributed by atoms with Crippen LogP contribution in [0, 0.1) is 0 Å². The highest BCUT2D eigenvalue weighted by Gasteiger charge is 2.16. The van der Waals surface area contributed by atoms with Gasteiger partial charge in [0.25, 0.3) is 0 Å². The number of nitrogens with zero attached hydrogens (tertiary/aromatic N) is 2. The van der Waals surface area contributed by atoms with E-state index in [1.807, 2.05) is 17.6 Å². The number of benzene rings is 4. The van der Waals surface area contributed by atoms with E-state index >= 15 is 0 Å². The SMILES string of the molecule is c1ccc2c(c1)oc1cc3c(cc12)c1ccccc1n3-c1ccc2ncsc2c1. The topological polar surface area (TPSA) is 31.0 Å². The second-order valence-corrected chi connectivity index (χ2v) is 8.21. The van der Waals surface area contributed by atoms with Gasteiger partial charge in [-0.1, -0.05) is 36.4 Å². The minimum atomic E-state index is 0.918. The zero-order valence-electron chi connectivity index (χ0n) is 15.3. The van der Waals surface area contributed by atoms with Crippen LogP contribution < -0.4 is 0 Å². The quantitative estimate of drug-likeness (QED) is 0.295. The first-order valence-electron chi connectivity index (χ1n) is 9.55. The van der Waals surface area contributed by atoms with E-state index in [9.17, 15) is 0 Å². The summed E-state index contributed by atoms with van der Waals surface area (Å²) in [6, 6.07) is 27.8. The third-order valence-corrected chi connectivity index (χ3v) is 6.54. The summed E-state index contributed by atoms with van der Waals surface area (Å²) >= 11 is 1.67. The molecular formula is C25H14N2OS. The van der Waals surface area contributed by atoms with Crippen LogP contribution in [0.15, 0.2) is 88.8 Å². The lowest BCUT2D eigenvalue weighted by molar-refractivity contribution is 0.669. The average Bonchev–Trinajstić information content (AvgIpc) is 3.45. The van der Waals surface area contributed by atoms with E-state index in [2.05, 4.69) is 76.3 Å². The van der Waals surface area contributed by atoms with Crippen molar-refractivity contribution in [1.29, 1.82) is 0 Å². The molecule has 0 N–H and O–H groups in total. The Morgan fingerprint density at radius 2 is 1.55 bits per heavy atom. The van der Waals surface area contributed by atoms with E-state index in [1.54, 1.807) is 11.3 Å². The standard InChI is InChI=1S/C25H14N2OS/c1-3-7-21-16(5-1)18-12-19-17-6-2-4-8-23(17)28-24(19)13-22(18)27(21)15-9-10-20-25(11-15)29-14-26-20/h1-14H. The molecule has 0 atom stereocenters. The number of para-hydroxylation sites is 2. The fourth-order valence-electron chi connectivity index (χ4n) is 4.45. The summed E-state index contributed by atoms with van der Waals surface area (Å²) in [7, 11) is 0. The summed E-state index contributed by atoms with van der Waals surface area (Å²) in [5.41, 5.74) is 8.28. The molecule has 0 aliphatic rings. The number of furan rings is 1. The molecule has 3 heterocycles. The number of fused-ring (bicyclic) bond motifs is 7. The third-order valence-electron chi connectivity index (χ3n) is 5.74. The van der Waals surface area contributed by atoms with Crippen molar-refractivity contribution in [3.63, 3.8) is 0 Å². The average molecular weight is 390 g/mol. The van der Waals surface area contributed by atoms with Crippen LogP contribution in [0.25, 0.3) is 59.6 Å². The molecule has 29 heavy (non-hydrogen) atoms. The normalized spacial score (nSPS) is 12.1. The molecule has 7 rings (SSSR count). The zero-order valence-corrected chi connectivity index (χ0v) is 16.1. The number of hydrogen-bond acceptors (Lipinski definition) is 3. The van der Waals surface area contributed by atoms with Gasteiger partial charge in [-0.05, 0) is 36.4 Å². The highest BCUT2D eigenvalue weighted by atomic mass is 32.1. The third kappa shape index (κ3) is 2.04. The Labute approximate surface area is 169 Å². The second kappa shape index (κ2) is 5.46. The lowest BCUT2D eigenvalue weighted by atomic mass is 10.1. The molecule has 0 radical (unpaired) electrons. The Kier molecular flexibility index (Phi) is 2.88. The van der Waals surface area contributed by atoms with Gasteiger partial charge in [-0.2, -0.15) is 0 Å². The largest absolute Gasteiger partial charge is 0.456 e. The Hall–Kier alpha value is -3.63. The van der Waals surface area contributed by atoms with Crippen LogP contribution in [0.2, 0.25) is 0 Å². The van der Waals surface area contributed by atoms with Gasteiger partial charge in [-0.25, -0.2) is 4.98 Å². The maximum atomic E-state index is 6.18. The molecule has 0 bridgehead atoms. The Bertz CT molecular complexity index is 1720. The van der Waals surface area contributed by atoms with Crippen molar-refractivity contribution in [1.82, 2.24) is 9.55 Å². The van der Waals surface area contributed by atoms with Gasteiger partial charge in [-0.15, -0.1) is 11.3 Å². The van der Waals surface area contributed by atoms with Crippen molar-refractivity contribution < 1.29 is 4.42 Å². The molecule has 0 fully saturated rings. The summed E-state index contributed by atoms with van der Waals surface area (Å²) in [6.07, 6.45) is 0. The Morgan fingerprint density at radius 3 is 2.52 bits per heavy atom. The minimum absolute atomic E-state index is 0.918. The van der Waals surface area contributed by atoms with E-state index in [0.29, 0.717) is 0 Å². The van der Waals surface area contributed by atoms with Gasteiger partial charge in [0.1, 0.15) is 11.2 Å². The van der Waals surface area contributed by atoms with Crippen LogP contribution in [-0.4, -0.2) is 9.55 Å². The van der Waals surface area contributed by atoms with Gasteiger partial charge >= 0.3 is 0 Å². The van der Waals surface area contributed by atoms with E-state index in [4.69, 9.17) is 4.42 Å². The molecule has 0 spiro atoms. The molecule has 0 aliphatic heterocycles. The van der Waals surface area contributed by atoms with Gasteiger partial charge < -0.3 is 8.98 Å². The van der Waals surface area contributed by atoms with Crippen molar-refractivity contribution in [2.45, 2.75) is 0 Å². The fourth-order valence-corrected chi connectivity index (χ4v) is 5.16.